The van der Waals surface area contributed by atoms with Gasteiger partial charge in [-0.05, 0) is 24.6 Å². The van der Waals surface area contributed by atoms with Gasteiger partial charge in [0.15, 0.2) is 0 Å². The number of hydrogen-bond acceptors (Lipinski definition) is 2. The molecule has 0 amide bonds. The van der Waals surface area contributed by atoms with Gasteiger partial charge in [-0.1, -0.05) is 18.2 Å². The van der Waals surface area contributed by atoms with Crippen LogP contribution in [0.4, 0.5) is 5.69 Å². The zero-order chi connectivity index (χ0) is 11.4. The molecule has 2 heteroatoms. The molecule has 2 aliphatic rings. The van der Waals surface area contributed by atoms with Crippen LogP contribution in [0.5, 0.6) is 0 Å². The second-order valence-corrected chi connectivity index (χ2v) is 4.46. The molecule has 0 aliphatic carbocycles. The molecule has 0 radical (unpaired) electrons. The highest BCUT2D eigenvalue weighted by atomic mass is 14.8. The Labute approximate surface area is 98.7 Å². The van der Waals surface area contributed by atoms with Gasteiger partial charge in [0.25, 0.3) is 0 Å². The molecule has 2 aliphatic heterocycles. The number of aryl methyl sites for hydroxylation is 1. The van der Waals surface area contributed by atoms with Crippen LogP contribution in [-0.4, -0.2) is 6.21 Å². The van der Waals surface area contributed by atoms with Crippen molar-refractivity contribution in [3.05, 3.63) is 52.0 Å². The zero-order valence-electron chi connectivity index (χ0n) is 9.44. The average Bonchev–Trinajstić information content (AvgIpc) is 2.91. The molecule has 0 bridgehead atoms. The van der Waals surface area contributed by atoms with E-state index in [0.717, 1.165) is 11.0 Å². The van der Waals surface area contributed by atoms with Gasteiger partial charge in [-0.25, -0.2) is 4.99 Å². The van der Waals surface area contributed by atoms with Gasteiger partial charge in [-0.15, -0.1) is 0 Å². The maximum absolute atomic E-state index is 4.72. The summed E-state index contributed by atoms with van der Waals surface area (Å²) in [5.41, 5.74) is 5.97. The van der Waals surface area contributed by atoms with Crippen LogP contribution in [0.15, 0.2) is 40.3 Å². The molecule has 0 aromatic heterocycles. The Morgan fingerprint density at radius 1 is 1.12 bits per heavy atom. The summed E-state index contributed by atoms with van der Waals surface area (Å²) >= 11 is 0. The summed E-state index contributed by atoms with van der Waals surface area (Å²) in [5.74, 6) is 0. The van der Waals surface area contributed by atoms with E-state index in [1.807, 2.05) is 18.5 Å². The summed E-state index contributed by atoms with van der Waals surface area (Å²) in [4.78, 5) is 8.97. The van der Waals surface area contributed by atoms with Crippen molar-refractivity contribution < 1.29 is 0 Å². The summed E-state index contributed by atoms with van der Waals surface area (Å²) in [6.45, 7) is 2.11. The van der Waals surface area contributed by atoms with Gasteiger partial charge in [-0.2, -0.15) is 0 Å². The summed E-state index contributed by atoms with van der Waals surface area (Å²) in [5, 5.41) is 2.31. The highest BCUT2D eigenvalue weighted by Crippen LogP contribution is 2.33. The Bertz CT molecular complexity index is 798. The second kappa shape index (κ2) is 2.92. The molecule has 0 atom stereocenters. The Morgan fingerprint density at radius 3 is 2.94 bits per heavy atom. The third-order valence-corrected chi connectivity index (χ3v) is 3.39. The van der Waals surface area contributed by atoms with Gasteiger partial charge < -0.3 is 0 Å². The minimum absolute atomic E-state index is 1.07. The van der Waals surface area contributed by atoms with Crippen molar-refractivity contribution in [3.63, 3.8) is 0 Å². The fraction of sp³-hybridized carbons (Fsp3) is 0.0667. The largest absolute Gasteiger partial charge is 0.263 e. The average molecular weight is 218 g/mol. The smallest absolute Gasteiger partial charge is 0.0752 e. The molecule has 17 heavy (non-hydrogen) atoms. The molecule has 4 rings (SSSR count). The lowest BCUT2D eigenvalue weighted by Gasteiger charge is -2.03. The van der Waals surface area contributed by atoms with Crippen molar-refractivity contribution >= 4 is 18.1 Å². The van der Waals surface area contributed by atoms with Gasteiger partial charge in [0.1, 0.15) is 0 Å². The quantitative estimate of drug-likeness (QED) is 0.552. The van der Waals surface area contributed by atoms with E-state index < -0.39 is 0 Å². The number of hydrogen-bond donors (Lipinski definition) is 0. The Kier molecular flexibility index (Phi) is 1.52. The van der Waals surface area contributed by atoms with Gasteiger partial charge in [0.2, 0.25) is 0 Å². The first-order chi connectivity index (χ1) is 8.34. The Hall–Kier alpha value is -2.22. The minimum Gasteiger partial charge on any atom is -0.263 e. The first-order valence-electron chi connectivity index (χ1n) is 5.70. The molecule has 2 aromatic carbocycles. The van der Waals surface area contributed by atoms with Crippen molar-refractivity contribution in [1.82, 2.24) is 0 Å². The van der Waals surface area contributed by atoms with Crippen LogP contribution in [0.25, 0.3) is 17.3 Å². The standard InChI is InChI=1S/C15H10N2/c1-9-6-10-7-16-8-12(10)14-11-4-2-3-5-13(11)17-15(9)14/h2-8H,1H3. The zero-order valence-corrected chi connectivity index (χ0v) is 9.44. The summed E-state index contributed by atoms with van der Waals surface area (Å²) in [6, 6.07) is 10.5. The molecule has 2 aromatic rings. The highest BCUT2D eigenvalue weighted by molar-refractivity contribution is 5.97. The molecule has 2 heterocycles. The monoisotopic (exact) mass is 218 g/mol. The van der Waals surface area contributed by atoms with Crippen LogP contribution in [-0.2, 0) is 0 Å². The van der Waals surface area contributed by atoms with Crippen LogP contribution in [0.3, 0.4) is 0 Å². The third-order valence-electron chi connectivity index (χ3n) is 3.39. The van der Waals surface area contributed by atoms with E-state index in [1.54, 1.807) is 0 Å². The van der Waals surface area contributed by atoms with Gasteiger partial charge in [0, 0.05) is 34.3 Å². The lowest BCUT2D eigenvalue weighted by atomic mass is 9.97. The van der Waals surface area contributed by atoms with E-state index in [0.29, 0.717) is 0 Å². The molecular formula is C15H10N2. The van der Waals surface area contributed by atoms with E-state index >= 15 is 0 Å². The van der Waals surface area contributed by atoms with Crippen molar-refractivity contribution in [3.8, 4) is 11.1 Å². The molecule has 0 N–H and O–H groups in total. The van der Waals surface area contributed by atoms with Crippen LogP contribution >= 0.6 is 0 Å². The van der Waals surface area contributed by atoms with Crippen molar-refractivity contribution in [2.75, 3.05) is 0 Å². The van der Waals surface area contributed by atoms with E-state index in [9.17, 15) is 0 Å². The number of para-hydroxylation sites is 1. The van der Waals surface area contributed by atoms with E-state index in [4.69, 9.17) is 4.99 Å². The topological polar surface area (TPSA) is 24.7 Å². The lowest BCUT2D eigenvalue weighted by molar-refractivity contribution is 1.30. The van der Waals surface area contributed by atoms with Crippen molar-refractivity contribution in [2.45, 2.75) is 6.92 Å². The molecular weight excluding hydrogens is 208 g/mol. The Morgan fingerprint density at radius 2 is 2.00 bits per heavy atom. The van der Waals surface area contributed by atoms with Crippen molar-refractivity contribution in [2.24, 2.45) is 9.98 Å². The normalized spacial score (nSPS) is 13.7. The maximum atomic E-state index is 4.72. The van der Waals surface area contributed by atoms with Crippen LogP contribution < -0.4 is 10.6 Å². The van der Waals surface area contributed by atoms with E-state index in [1.165, 1.54) is 27.5 Å². The number of benzene rings is 2. The molecule has 0 spiro atoms. The first kappa shape index (κ1) is 8.88. The summed E-state index contributed by atoms with van der Waals surface area (Å²) in [6.07, 6.45) is 3.86. The van der Waals surface area contributed by atoms with E-state index in [2.05, 4.69) is 36.2 Å². The number of aliphatic imine (C=N–C) groups is 1. The third kappa shape index (κ3) is 1.04. The summed E-state index contributed by atoms with van der Waals surface area (Å²) < 4.78 is 0. The Balaban J connectivity index is 2.25. The molecule has 0 unspecified atom stereocenters. The predicted molar refractivity (Wildman–Crippen MR) is 69.1 cm³/mol. The van der Waals surface area contributed by atoms with Crippen molar-refractivity contribution in [1.29, 1.82) is 0 Å². The summed E-state index contributed by atoms with van der Waals surface area (Å²) in [7, 11) is 0. The van der Waals surface area contributed by atoms with Gasteiger partial charge >= 0.3 is 0 Å². The first-order valence-corrected chi connectivity index (χ1v) is 5.70. The maximum Gasteiger partial charge on any atom is 0.0752 e. The van der Waals surface area contributed by atoms with Crippen LogP contribution in [0.1, 0.15) is 11.1 Å². The number of nitrogens with zero attached hydrogens (tertiary/aromatic N) is 2. The highest BCUT2D eigenvalue weighted by Gasteiger charge is 2.19. The van der Waals surface area contributed by atoms with Gasteiger partial charge in [-0.3, -0.25) is 4.99 Å². The molecule has 80 valence electrons. The fourth-order valence-corrected chi connectivity index (χ4v) is 2.61. The number of fused-ring (bicyclic) bond motifs is 5. The second-order valence-electron chi connectivity index (χ2n) is 4.46. The SMILES string of the molecule is Cc1cc2c(c3c1=Nc1ccccc1-3)C=NC=2. The molecule has 0 fully saturated rings. The predicted octanol–water partition coefficient (Wildman–Crippen LogP) is 2.10. The number of rotatable bonds is 0. The van der Waals surface area contributed by atoms with E-state index in [-0.39, 0.29) is 0 Å². The molecule has 0 saturated carbocycles. The molecule has 2 nitrogen and oxygen atoms in total. The molecule has 0 saturated heterocycles. The fourth-order valence-electron chi connectivity index (χ4n) is 2.61. The lowest BCUT2D eigenvalue weighted by Crippen LogP contribution is -2.18. The van der Waals surface area contributed by atoms with Gasteiger partial charge in [0.05, 0.1) is 11.0 Å². The minimum atomic E-state index is 1.07. The van der Waals surface area contributed by atoms with Crippen LogP contribution in [0, 0.1) is 6.92 Å². The van der Waals surface area contributed by atoms with Crippen LogP contribution in [0.2, 0.25) is 0 Å².